The number of fused-ring (bicyclic) bond motifs is 1. The van der Waals surface area contributed by atoms with Gasteiger partial charge in [-0.1, -0.05) is 19.1 Å². The van der Waals surface area contributed by atoms with Gasteiger partial charge in [-0.2, -0.15) is 0 Å². The van der Waals surface area contributed by atoms with Gasteiger partial charge in [-0.15, -0.1) is 11.3 Å². The molecule has 0 radical (unpaired) electrons. The van der Waals surface area contributed by atoms with Crippen LogP contribution in [0.5, 0.6) is 0 Å². The molecule has 2 rings (SSSR count). The first-order valence-electron chi connectivity index (χ1n) is 8.44. The fourth-order valence-electron chi connectivity index (χ4n) is 2.59. The summed E-state index contributed by atoms with van der Waals surface area (Å²) >= 11 is 6.84. The zero-order valence-corrected chi connectivity index (χ0v) is 16.9. The molecule has 138 valence electrons. The smallest absolute Gasteiger partial charge is 0.341 e. The van der Waals surface area contributed by atoms with Crippen molar-refractivity contribution in [3.8, 4) is 0 Å². The van der Waals surface area contributed by atoms with Crippen LogP contribution in [-0.4, -0.2) is 29.8 Å². The lowest BCUT2D eigenvalue weighted by Gasteiger charge is -2.33. The summed E-state index contributed by atoms with van der Waals surface area (Å²) in [4.78, 5) is 13.6. The molecule has 0 amide bonds. The van der Waals surface area contributed by atoms with Crippen molar-refractivity contribution in [1.29, 1.82) is 0 Å². The van der Waals surface area contributed by atoms with Crippen molar-refractivity contribution in [3.05, 3.63) is 28.2 Å². The third kappa shape index (κ3) is 4.80. The number of hydrogen-bond acceptors (Lipinski definition) is 5. The van der Waals surface area contributed by atoms with E-state index in [-0.39, 0.29) is 11.6 Å². The van der Waals surface area contributed by atoms with Crippen molar-refractivity contribution >= 4 is 39.6 Å². The molecule has 2 heterocycles. The highest BCUT2D eigenvalue weighted by Gasteiger charge is 2.35. The highest BCUT2D eigenvalue weighted by molar-refractivity contribution is 7.80. The van der Waals surface area contributed by atoms with E-state index >= 15 is 0 Å². The van der Waals surface area contributed by atoms with Gasteiger partial charge in [0, 0.05) is 17.8 Å². The Morgan fingerprint density at radius 2 is 2.20 bits per heavy atom. The molecule has 0 aliphatic carbocycles. The van der Waals surface area contributed by atoms with Crippen LogP contribution in [0.15, 0.2) is 12.2 Å². The van der Waals surface area contributed by atoms with Crippen molar-refractivity contribution in [2.24, 2.45) is 0 Å². The molecule has 0 saturated heterocycles. The Bertz CT molecular complexity index is 684. The molecule has 0 spiro atoms. The lowest BCUT2D eigenvalue weighted by atomic mass is 9.89. The minimum atomic E-state index is -0.314. The first kappa shape index (κ1) is 19.9. The molecule has 0 bridgehead atoms. The maximum Gasteiger partial charge on any atom is 0.341 e. The number of rotatable bonds is 6. The number of carbonyl (C=O) groups is 1. The maximum atomic E-state index is 12.6. The standard InChI is InChI=1S/C18H26N2O3S2/c1-6-18(5)8-12-13(10-23-18)25-15(14(12)16(21)22-7-2)20-17(24)19-9-11(3)4/h3,6-10H2,1-2,4-5H3,(H2,19,20,24)/t18-/m1/s1. The van der Waals surface area contributed by atoms with Crippen molar-refractivity contribution in [3.63, 3.8) is 0 Å². The number of hydrogen-bond donors (Lipinski definition) is 2. The molecule has 1 atom stereocenters. The normalized spacial score (nSPS) is 19.0. The van der Waals surface area contributed by atoms with E-state index < -0.39 is 0 Å². The van der Waals surface area contributed by atoms with Crippen LogP contribution in [0.3, 0.4) is 0 Å². The van der Waals surface area contributed by atoms with Gasteiger partial charge >= 0.3 is 5.97 Å². The van der Waals surface area contributed by atoms with Crippen molar-refractivity contribution in [2.75, 3.05) is 18.5 Å². The van der Waals surface area contributed by atoms with Crippen molar-refractivity contribution in [2.45, 2.75) is 52.7 Å². The van der Waals surface area contributed by atoms with Gasteiger partial charge in [0.15, 0.2) is 5.11 Å². The largest absolute Gasteiger partial charge is 0.462 e. The Morgan fingerprint density at radius 3 is 2.80 bits per heavy atom. The van der Waals surface area contributed by atoms with Gasteiger partial charge in [-0.25, -0.2) is 4.79 Å². The summed E-state index contributed by atoms with van der Waals surface area (Å²) in [6.07, 6.45) is 1.57. The van der Waals surface area contributed by atoms with Crippen molar-refractivity contribution < 1.29 is 14.3 Å². The monoisotopic (exact) mass is 382 g/mol. The fourth-order valence-corrected chi connectivity index (χ4v) is 3.96. The Hall–Kier alpha value is -1.44. The number of ether oxygens (including phenoxy) is 2. The van der Waals surface area contributed by atoms with Gasteiger partial charge in [0.25, 0.3) is 0 Å². The minimum Gasteiger partial charge on any atom is -0.462 e. The molecule has 0 saturated carbocycles. The second-order valence-corrected chi connectivity index (χ2v) is 7.98. The summed E-state index contributed by atoms with van der Waals surface area (Å²) in [7, 11) is 0. The molecule has 5 nitrogen and oxygen atoms in total. The van der Waals surface area contributed by atoms with Gasteiger partial charge in [-0.05, 0) is 45.0 Å². The zero-order valence-electron chi connectivity index (χ0n) is 15.3. The molecule has 1 aliphatic rings. The second kappa shape index (κ2) is 8.29. The van der Waals surface area contributed by atoms with Gasteiger partial charge in [0.2, 0.25) is 0 Å². The topological polar surface area (TPSA) is 59.6 Å². The Kier molecular flexibility index (Phi) is 6.59. The Balaban J connectivity index is 2.32. The van der Waals surface area contributed by atoms with E-state index in [2.05, 4.69) is 31.1 Å². The second-order valence-electron chi connectivity index (χ2n) is 6.46. The van der Waals surface area contributed by atoms with Gasteiger partial charge in [0.05, 0.1) is 24.4 Å². The van der Waals surface area contributed by atoms with E-state index in [4.69, 9.17) is 21.7 Å². The van der Waals surface area contributed by atoms with Crippen LogP contribution in [0.4, 0.5) is 5.00 Å². The summed E-state index contributed by atoms with van der Waals surface area (Å²) in [5, 5.41) is 7.41. The highest BCUT2D eigenvalue weighted by Crippen LogP contribution is 2.41. The third-order valence-corrected chi connectivity index (χ3v) is 5.57. The SMILES string of the molecule is C=C(C)CNC(=S)Nc1sc2c(c1C(=O)OCC)C[C@@](C)(CC)OC2. The number of nitrogens with one attached hydrogen (secondary N) is 2. The highest BCUT2D eigenvalue weighted by atomic mass is 32.1. The molecule has 0 unspecified atom stereocenters. The number of carbonyl (C=O) groups excluding carboxylic acids is 1. The lowest BCUT2D eigenvalue weighted by Crippen LogP contribution is -2.34. The number of thiocarbonyl (C=S) groups is 1. The van der Waals surface area contributed by atoms with Crippen LogP contribution in [0.2, 0.25) is 0 Å². The maximum absolute atomic E-state index is 12.6. The Labute approximate surface area is 158 Å². The molecule has 1 aliphatic heterocycles. The summed E-state index contributed by atoms with van der Waals surface area (Å²) in [6, 6.07) is 0. The average molecular weight is 383 g/mol. The van der Waals surface area contributed by atoms with Crippen LogP contribution >= 0.6 is 23.6 Å². The molecule has 0 fully saturated rings. The molecule has 0 aromatic carbocycles. The van der Waals surface area contributed by atoms with Crippen LogP contribution in [0.25, 0.3) is 0 Å². The van der Waals surface area contributed by atoms with E-state index in [0.29, 0.717) is 41.9 Å². The molecular weight excluding hydrogens is 356 g/mol. The minimum absolute atomic E-state index is 0.259. The van der Waals surface area contributed by atoms with E-state index in [1.807, 2.05) is 13.8 Å². The quantitative estimate of drug-likeness (QED) is 0.440. The van der Waals surface area contributed by atoms with Gasteiger partial charge < -0.3 is 20.1 Å². The predicted octanol–water partition coefficient (Wildman–Crippen LogP) is 4.03. The molecule has 1 aromatic rings. The van der Waals surface area contributed by atoms with Crippen molar-refractivity contribution in [1.82, 2.24) is 5.32 Å². The van der Waals surface area contributed by atoms with Gasteiger partial charge in [-0.3, -0.25) is 0 Å². The number of esters is 1. The van der Waals surface area contributed by atoms with E-state index in [1.54, 1.807) is 0 Å². The molecule has 25 heavy (non-hydrogen) atoms. The molecular formula is C18H26N2O3S2. The third-order valence-electron chi connectivity index (χ3n) is 4.20. The zero-order chi connectivity index (χ0) is 18.6. The van der Waals surface area contributed by atoms with Crippen LogP contribution < -0.4 is 10.6 Å². The number of anilines is 1. The van der Waals surface area contributed by atoms with Crippen LogP contribution in [0.1, 0.15) is 54.9 Å². The van der Waals surface area contributed by atoms with Crippen LogP contribution in [0, 0.1) is 0 Å². The molecule has 2 N–H and O–H groups in total. The lowest BCUT2D eigenvalue weighted by molar-refractivity contribution is -0.0548. The summed E-state index contributed by atoms with van der Waals surface area (Å²) in [5.74, 6) is -0.314. The van der Waals surface area contributed by atoms with E-state index in [0.717, 1.165) is 22.4 Å². The van der Waals surface area contributed by atoms with Crippen LogP contribution in [-0.2, 0) is 22.5 Å². The fraction of sp³-hybridized carbons (Fsp3) is 0.556. The molecule has 7 heteroatoms. The van der Waals surface area contributed by atoms with Gasteiger partial charge in [0.1, 0.15) is 5.00 Å². The first-order valence-corrected chi connectivity index (χ1v) is 9.67. The average Bonchev–Trinajstić information content (AvgIpc) is 2.90. The summed E-state index contributed by atoms with van der Waals surface area (Å²) < 4.78 is 11.3. The number of thiophene rings is 1. The van der Waals surface area contributed by atoms with E-state index in [1.165, 1.54) is 11.3 Å². The predicted molar refractivity (Wildman–Crippen MR) is 107 cm³/mol. The molecule has 1 aromatic heterocycles. The summed E-state index contributed by atoms with van der Waals surface area (Å²) in [5.41, 5.74) is 2.33. The Morgan fingerprint density at radius 1 is 1.48 bits per heavy atom. The first-order chi connectivity index (χ1) is 11.8. The summed E-state index contributed by atoms with van der Waals surface area (Å²) in [6.45, 7) is 13.2. The van der Waals surface area contributed by atoms with E-state index in [9.17, 15) is 4.79 Å².